The van der Waals surface area contributed by atoms with Gasteiger partial charge in [0.25, 0.3) is 11.8 Å². The molecular weight excluding hydrogens is 674 g/mol. The van der Waals surface area contributed by atoms with E-state index in [9.17, 15) is 57.2 Å². The van der Waals surface area contributed by atoms with Gasteiger partial charge in [-0.05, 0) is 20.8 Å². The van der Waals surface area contributed by atoms with Crippen molar-refractivity contribution in [2.75, 3.05) is 12.3 Å². The van der Waals surface area contributed by atoms with E-state index in [1.54, 1.807) is 0 Å². The average Bonchev–Trinajstić information content (AvgIpc) is 3.39. The number of rotatable bonds is 13. The number of β-lactam (4-membered cyclic amide) rings is 1. The molecule has 10 N–H and O–H groups in total. The van der Waals surface area contributed by atoms with Crippen LogP contribution in [0.25, 0.3) is 0 Å². The van der Waals surface area contributed by atoms with E-state index in [4.69, 9.17) is 10.6 Å². The Morgan fingerprint density at radius 3 is 2.47 bits per heavy atom. The number of anilines is 1. The van der Waals surface area contributed by atoms with Gasteiger partial charge in [0.05, 0.1) is 24.5 Å². The minimum Gasteiger partial charge on any atom is -0.503 e. The lowest BCUT2D eigenvalue weighted by Crippen LogP contribution is -2.74. The largest absolute Gasteiger partial charge is 0.503 e. The predicted octanol–water partition coefficient (Wildman–Crippen LogP) is -3.08. The van der Waals surface area contributed by atoms with Gasteiger partial charge in [-0.2, -0.15) is 13.1 Å². The number of nitrogens with two attached hydrogens (primary N) is 1. The molecular formula is C23H29N9O13S2. The highest BCUT2D eigenvalue weighted by Crippen LogP contribution is 2.24. The van der Waals surface area contributed by atoms with Crippen LogP contribution in [0.2, 0.25) is 0 Å². The first kappa shape index (κ1) is 36.0. The van der Waals surface area contributed by atoms with Crippen molar-refractivity contribution in [2.24, 2.45) is 5.16 Å². The fourth-order valence-corrected chi connectivity index (χ4v) is 5.13. The summed E-state index contributed by atoms with van der Waals surface area (Å²) in [6.07, 6.45) is 0.709. The highest BCUT2D eigenvalue weighted by molar-refractivity contribution is 7.84. The molecule has 0 radical (unpaired) electrons. The Morgan fingerprint density at radius 2 is 1.89 bits per heavy atom. The van der Waals surface area contributed by atoms with E-state index in [0.717, 1.165) is 31.3 Å². The first-order valence-electron chi connectivity index (χ1n) is 13.0. The molecule has 1 fully saturated rings. The van der Waals surface area contributed by atoms with Gasteiger partial charge in [-0.15, -0.1) is 11.3 Å². The predicted molar refractivity (Wildman–Crippen MR) is 157 cm³/mol. The summed E-state index contributed by atoms with van der Waals surface area (Å²) in [6, 6.07) is -4.64. The van der Waals surface area contributed by atoms with Crippen molar-refractivity contribution < 1.29 is 57.2 Å². The number of carboxylic acids is 1. The molecule has 256 valence electrons. The standard InChI is InChI=1S/C23H29N9O13S2/c1-9(27-22(40)26-5-10-4-13(33)14(34)7-31(10)41)17(35)25-6-12-16(19(37)32(12)47(42,43)44)29-18(36)15(11-8-46-21(24)28-11)30-45-23(2,3)20(38)39/h4,7-9,12,16,34,41H,5-6H2,1-3H3,(H2,24,28)(H,25,35)(H,29,36)(H,38,39)(H2,26,27,40)(H,42,43,44)/b30-15-/t9-,12+,16-/m0/s1. The SMILES string of the molecule is C[C@H](NC(=O)NCc1cc(=O)c(O)cn1O)C(=O)NC[C@@H]1[C@H](NC(=O)/C(=N\OC(C)(C)C(=O)O)c2csc(N)n2)C(=O)N1S(=O)(=O)O. The molecule has 5 amide bonds. The summed E-state index contributed by atoms with van der Waals surface area (Å²) in [5.74, 6) is -5.57. The summed E-state index contributed by atoms with van der Waals surface area (Å²) in [5.41, 5.74) is 1.94. The van der Waals surface area contributed by atoms with E-state index in [0.29, 0.717) is 10.9 Å². The van der Waals surface area contributed by atoms with Gasteiger partial charge in [0, 0.05) is 18.0 Å². The first-order valence-corrected chi connectivity index (χ1v) is 15.3. The minimum absolute atomic E-state index is 0.00319. The van der Waals surface area contributed by atoms with Crippen molar-refractivity contribution in [1.29, 1.82) is 0 Å². The van der Waals surface area contributed by atoms with Crippen LogP contribution in [0.1, 0.15) is 32.2 Å². The molecule has 0 aromatic carbocycles. The Hall–Kier alpha value is -5.49. The first-order chi connectivity index (χ1) is 21.7. The van der Waals surface area contributed by atoms with Crippen LogP contribution in [-0.4, -0.2) is 108 Å². The van der Waals surface area contributed by atoms with Gasteiger partial charge in [0.1, 0.15) is 17.8 Å². The topological polar surface area (TPSA) is 334 Å². The van der Waals surface area contributed by atoms with E-state index in [1.165, 1.54) is 12.3 Å². The number of aromatic nitrogens is 2. The molecule has 0 saturated carbocycles. The lowest BCUT2D eigenvalue weighted by Gasteiger charge is -2.44. The van der Waals surface area contributed by atoms with E-state index in [1.807, 2.05) is 0 Å². The maximum Gasteiger partial charge on any atom is 0.362 e. The van der Waals surface area contributed by atoms with Crippen molar-refractivity contribution in [3.05, 3.63) is 39.3 Å². The second-order valence-electron chi connectivity index (χ2n) is 10.2. The zero-order chi connectivity index (χ0) is 35.4. The number of carbonyl (C=O) groups excluding carboxylic acids is 4. The smallest absolute Gasteiger partial charge is 0.362 e. The average molecular weight is 704 g/mol. The zero-order valence-electron chi connectivity index (χ0n) is 24.5. The number of hydrogen-bond donors (Lipinski definition) is 9. The van der Waals surface area contributed by atoms with Crippen LogP contribution in [-0.2, 0) is 40.9 Å². The van der Waals surface area contributed by atoms with E-state index in [-0.39, 0.29) is 20.8 Å². The van der Waals surface area contributed by atoms with Crippen LogP contribution in [0, 0.1) is 0 Å². The summed E-state index contributed by atoms with van der Waals surface area (Å²) < 4.78 is 33.7. The monoisotopic (exact) mass is 703 g/mol. The molecule has 22 nitrogen and oxygen atoms in total. The molecule has 3 heterocycles. The number of carbonyl (C=O) groups is 5. The van der Waals surface area contributed by atoms with E-state index in [2.05, 4.69) is 31.4 Å². The maximum atomic E-state index is 13.2. The minimum atomic E-state index is -5.18. The molecule has 3 rings (SSSR count). The molecule has 2 aromatic heterocycles. The van der Waals surface area contributed by atoms with Crippen molar-refractivity contribution in [3.8, 4) is 5.75 Å². The summed E-state index contributed by atoms with van der Waals surface area (Å²) in [6.45, 7) is 2.41. The number of hydrogen-bond acceptors (Lipinski definition) is 15. The highest BCUT2D eigenvalue weighted by Gasteiger charge is 2.54. The van der Waals surface area contributed by atoms with Gasteiger partial charge < -0.3 is 47.3 Å². The van der Waals surface area contributed by atoms with Crippen LogP contribution in [0.3, 0.4) is 0 Å². The fraction of sp³-hybridized carbons (Fsp3) is 0.391. The molecule has 47 heavy (non-hydrogen) atoms. The summed E-state index contributed by atoms with van der Waals surface area (Å²) in [4.78, 5) is 82.5. The van der Waals surface area contributed by atoms with E-state index < -0.39 is 93.7 Å². The molecule has 3 atom stereocenters. The van der Waals surface area contributed by atoms with Gasteiger partial charge in [0.2, 0.25) is 16.9 Å². The highest BCUT2D eigenvalue weighted by atomic mass is 32.2. The third kappa shape index (κ3) is 8.61. The molecule has 1 saturated heterocycles. The number of aromatic hydroxyl groups is 1. The molecule has 0 unspecified atom stereocenters. The number of amides is 5. The third-order valence-electron chi connectivity index (χ3n) is 6.31. The van der Waals surface area contributed by atoms with Crippen LogP contribution in [0.4, 0.5) is 9.93 Å². The van der Waals surface area contributed by atoms with Gasteiger partial charge >= 0.3 is 22.3 Å². The van der Waals surface area contributed by atoms with Crippen molar-refractivity contribution in [1.82, 2.24) is 35.3 Å². The third-order valence-corrected chi connectivity index (χ3v) is 7.93. The molecule has 1 aliphatic heterocycles. The second kappa shape index (κ2) is 13.9. The van der Waals surface area contributed by atoms with Crippen molar-refractivity contribution in [2.45, 2.75) is 51.0 Å². The summed E-state index contributed by atoms with van der Waals surface area (Å²) in [7, 11) is -5.18. The van der Waals surface area contributed by atoms with Crippen LogP contribution in [0.15, 0.2) is 27.6 Å². The van der Waals surface area contributed by atoms with E-state index >= 15 is 0 Å². The Kier molecular flexibility index (Phi) is 10.6. The number of nitrogens with zero attached hydrogens (tertiary/aromatic N) is 4. The number of thiazole rings is 1. The Balaban J connectivity index is 1.69. The van der Waals surface area contributed by atoms with Crippen LogP contribution >= 0.6 is 11.3 Å². The van der Waals surface area contributed by atoms with Crippen LogP contribution < -0.4 is 32.4 Å². The molecule has 1 aliphatic rings. The lowest BCUT2D eigenvalue weighted by atomic mass is 9.98. The number of nitrogens with one attached hydrogen (secondary N) is 4. The van der Waals surface area contributed by atoms with Gasteiger partial charge in [-0.1, -0.05) is 5.16 Å². The van der Waals surface area contributed by atoms with Crippen molar-refractivity contribution in [3.63, 3.8) is 0 Å². The van der Waals surface area contributed by atoms with Crippen molar-refractivity contribution >= 4 is 62.2 Å². The number of carboxylic acid groups (broad SMARTS) is 1. The Labute approximate surface area is 268 Å². The quantitative estimate of drug-likeness (QED) is 0.0328. The van der Waals surface area contributed by atoms with Gasteiger partial charge in [-0.3, -0.25) is 23.7 Å². The zero-order valence-corrected chi connectivity index (χ0v) is 26.2. The lowest BCUT2D eigenvalue weighted by molar-refractivity contribution is -0.161. The van der Waals surface area contributed by atoms with Crippen LogP contribution in [0.5, 0.6) is 5.75 Å². The summed E-state index contributed by atoms with van der Waals surface area (Å²) in [5, 5.41) is 42.1. The second-order valence-corrected chi connectivity index (χ2v) is 12.4. The number of aliphatic carboxylic acids is 1. The molecule has 0 aliphatic carbocycles. The molecule has 0 bridgehead atoms. The normalized spacial score (nSPS) is 17.2. The number of oxime groups is 1. The van der Waals surface area contributed by atoms with Gasteiger partial charge in [-0.25, -0.2) is 18.9 Å². The molecule has 2 aromatic rings. The Morgan fingerprint density at radius 1 is 1.23 bits per heavy atom. The molecule has 0 spiro atoms. The maximum absolute atomic E-state index is 13.2. The fourth-order valence-electron chi connectivity index (χ4n) is 3.70. The number of pyridine rings is 1. The summed E-state index contributed by atoms with van der Waals surface area (Å²) >= 11 is 0.886. The number of urea groups is 1. The number of nitrogen functional groups attached to an aromatic ring is 1. The Bertz CT molecular complexity index is 1790. The molecule has 24 heteroatoms. The van der Waals surface area contributed by atoms with Gasteiger partial charge in [0.15, 0.2) is 16.6 Å².